The van der Waals surface area contributed by atoms with Gasteiger partial charge in [0.25, 0.3) is 0 Å². The van der Waals surface area contributed by atoms with E-state index in [1.54, 1.807) is 47.3 Å². The van der Waals surface area contributed by atoms with Crippen molar-refractivity contribution in [3.8, 4) is 17.1 Å². The molecule has 0 aliphatic rings. The molecule has 2 heterocycles. The Labute approximate surface area is 182 Å². The van der Waals surface area contributed by atoms with E-state index in [9.17, 15) is 0 Å². The van der Waals surface area contributed by atoms with Crippen LogP contribution in [-0.2, 0) is 6.54 Å². The minimum Gasteiger partial charge on any atom is -0.484 e. The number of hydrogen-bond acceptors (Lipinski definition) is 4. The predicted molar refractivity (Wildman–Crippen MR) is 115 cm³/mol. The van der Waals surface area contributed by atoms with Gasteiger partial charge in [-0.1, -0.05) is 52.1 Å². The zero-order valence-electron chi connectivity index (χ0n) is 15.0. The Hall–Kier alpha value is -2.60. The molecule has 0 saturated heterocycles. The van der Waals surface area contributed by atoms with Crippen LogP contribution in [0.25, 0.3) is 11.4 Å². The summed E-state index contributed by atoms with van der Waals surface area (Å²) < 4.78 is 7.91. The molecule has 8 heteroatoms. The number of nitrogens with zero attached hydrogens (tertiary/aromatic N) is 4. The van der Waals surface area contributed by atoms with Crippen molar-refractivity contribution in [3.05, 3.63) is 93.7 Å². The SMILES string of the molecule is Clc1ccc(OC(Cn2cc(-c3ccccn3)nn2)c2ccc(Cl)cc2Cl)cc1. The van der Waals surface area contributed by atoms with Gasteiger partial charge in [-0.25, -0.2) is 4.68 Å². The summed E-state index contributed by atoms with van der Waals surface area (Å²) in [5.41, 5.74) is 2.22. The van der Waals surface area contributed by atoms with Crippen molar-refractivity contribution in [2.24, 2.45) is 0 Å². The maximum Gasteiger partial charge on any atom is 0.145 e. The number of halogens is 3. The highest BCUT2D eigenvalue weighted by molar-refractivity contribution is 6.35. The lowest BCUT2D eigenvalue weighted by atomic mass is 10.1. The summed E-state index contributed by atoms with van der Waals surface area (Å²) in [4.78, 5) is 4.30. The number of rotatable bonds is 6. The van der Waals surface area contributed by atoms with E-state index in [-0.39, 0.29) is 0 Å². The van der Waals surface area contributed by atoms with E-state index in [2.05, 4.69) is 15.3 Å². The molecule has 29 heavy (non-hydrogen) atoms. The lowest BCUT2D eigenvalue weighted by Gasteiger charge is -2.20. The van der Waals surface area contributed by atoms with Gasteiger partial charge in [-0.15, -0.1) is 5.10 Å². The highest BCUT2D eigenvalue weighted by Gasteiger charge is 2.19. The number of ether oxygens (including phenoxy) is 1. The van der Waals surface area contributed by atoms with Gasteiger partial charge in [0.05, 0.1) is 18.4 Å². The van der Waals surface area contributed by atoms with Crippen molar-refractivity contribution < 1.29 is 4.74 Å². The van der Waals surface area contributed by atoms with Crippen LogP contribution in [0.3, 0.4) is 0 Å². The molecule has 0 aliphatic carbocycles. The zero-order chi connectivity index (χ0) is 20.2. The summed E-state index contributed by atoms with van der Waals surface area (Å²) in [6.45, 7) is 0.393. The molecular formula is C21H15Cl3N4O. The average Bonchev–Trinajstić information content (AvgIpc) is 3.18. The van der Waals surface area contributed by atoms with Crippen LogP contribution in [0.4, 0.5) is 0 Å². The summed E-state index contributed by atoms with van der Waals surface area (Å²) in [6, 6.07) is 18.1. The third-order valence-corrected chi connectivity index (χ3v) is 5.03. The third-order valence-electron chi connectivity index (χ3n) is 4.22. The van der Waals surface area contributed by atoms with Crippen molar-refractivity contribution in [2.45, 2.75) is 12.6 Å². The standard InChI is InChI=1S/C21H15Cl3N4O/c22-14-4-7-16(8-5-14)29-21(17-9-6-15(23)11-18(17)24)13-28-12-20(26-27-28)19-3-1-2-10-25-19/h1-12,21H,13H2. The van der Waals surface area contributed by atoms with Gasteiger partial charge in [0.1, 0.15) is 17.5 Å². The topological polar surface area (TPSA) is 52.8 Å². The van der Waals surface area contributed by atoms with E-state index in [0.717, 1.165) is 11.3 Å². The second-order valence-corrected chi connectivity index (χ2v) is 7.55. The van der Waals surface area contributed by atoms with Crippen LogP contribution >= 0.6 is 34.8 Å². The smallest absolute Gasteiger partial charge is 0.145 e. The molecule has 0 saturated carbocycles. The Morgan fingerprint density at radius 2 is 1.69 bits per heavy atom. The average molecular weight is 446 g/mol. The fourth-order valence-corrected chi connectivity index (χ4v) is 3.48. The van der Waals surface area contributed by atoms with Gasteiger partial charge in [-0.3, -0.25) is 4.98 Å². The first kappa shape index (κ1) is 19.7. The quantitative estimate of drug-likeness (QED) is 0.359. The van der Waals surface area contributed by atoms with Crippen LogP contribution in [0.1, 0.15) is 11.7 Å². The molecule has 0 spiro atoms. The lowest BCUT2D eigenvalue weighted by molar-refractivity contribution is 0.177. The molecule has 0 fully saturated rings. The number of aromatic nitrogens is 4. The summed E-state index contributed by atoms with van der Waals surface area (Å²) >= 11 is 18.5. The van der Waals surface area contributed by atoms with Gasteiger partial charge in [-0.2, -0.15) is 0 Å². The number of hydrogen-bond donors (Lipinski definition) is 0. The number of benzene rings is 2. The third kappa shape index (κ3) is 4.88. The maximum absolute atomic E-state index is 6.44. The minimum absolute atomic E-state index is 0.393. The lowest BCUT2D eigenvalue weighted by Crippen LogP contribution is -2.16. The molecule has 0 aliphatic heterocycles. The Balaban J connectivity index is 1.63. The molecule has 0 amide bonds. The fourth-order valence-electron chi connectivity index (χ4n) is 2.83. The second kappa shape index (κ2) is 8.82. The zero-order valence-corrected chi connectivity index (χ0v) is 17.3. The Morgan fingerprint density at radius 1 is 0.897 bits per heavy atom. The summed E-state index contributed by atoms with van der Waals surface area (Å²) in [5.74, 6) is 0.662. The van der Waals surface area contributed by atoms with Gasteiger partial charge in [0.2, 0.25) is 0 Å². The maximum atomic E-state index is 6.44. The van der Waals surface area contributed by atoms with Gasteiger partial charge >= 0.3 is 0 Å². The van der Waals surface area contributed by atoms with E-state index in [1.165, 1.54) is 0 Å². The van der Waals surface area contributed by atoms with Gasteiger partial charge in [-0.05, 0) is 48.5 Å². The first-order valence-corrected chi connectivity index (χ1v) is 9.90. The first-order valence-electron chi connectivity index (χ1n) is 8.77. The summed E-state index contributed by atoms with van der Waals surface area (Å²) in [6.07, 6.45) is 3.12. The summed E-state index contributed by atoms with van der Waals surface area (Å²) in [7, 11) is 0. The summed E-state index contributed by atoms with van der Waals surface area (Å²) in [5, 5.41) is 10.1. The molecule has 4 aromatic rings. The van der Waals surface area contributed by atoms with E-state index in [4.69, 9.17) is 39.5 Å². The van der Waals surface area contributed by atoms with Crippen molar-refractivity contribution in [3.63, 3.8) is 0 Å². The molecule has 1 atom stereocenters. The monoisotopic (exact) mass is 444 g/mol. The van der Waals surface area contributed by atoms with Crippen molar-refractivity contribution >= 4 is 34.8 Å². The molecule has 2 aromatic carbocycles. The van der Waals surface area contributed by atoms with Crippen molar-refractivity contribution in [1.82, 2.24) is 20.0 Å². The molecular weight excluding hydrogens is 431 g/mol. The first-order chi connectivity index (χ1) is 14.1. The minimum atomic E-state index is -0.417. The van der Waals surface area contributed by atoms with Gasteiger partial charge < -0.3 is 4.74 Å². The van der Waals surface area contributed by atoms with E-state index < -0.39 is 6.10 Å². The van der Waals surface area contributed by atoms with Crippen LogP contribution < -0.4 is 4.74 Å². The molecule has 146 valence electrons. The van der Waals surface area contributed by atoms with Crippen molar-refractivity contribution in [1.29, 1.82) is 0 Å². The number of pyridine rings is 1. The predicted octanol–water partition coefficient (Wildman–Crippen LogP) is 6.12. The van der Waals surface area contributed by atoms with E-state index in [0.29, 0.717) is 33.1 Å². The molecule has 0 N–H and O–H groups in total. The molecule has 0 bridgehead atoms. The van der Waals surface area contributed by atoms with Gasteiger partial charge in [0.15, 0.2) is 0 Å². The van der Waals surface area contributed by atoms with Crippen LogP contribution in [0.2, 0.25) is 15.1 Å². The Morgan fingerprint density at radius 3 is 2.41 bits per heavy atom. The molecule has 2 aromatic heterocycles. The second-order valence-electron chi connectivity index (χ2n) is 6.27. The molecule has 4 rings (SSSR count). The highest BCUT2D eigenvalue weighted by Crippen LogP contribution is 2.31. The van der Waals surface area contributed by atoms with Crippen LogP contribution in [0.5, 0.6) is 5.75 Å². The highest BCUT2D eigenvalue weighted by atomic mass is 35.5. The van der Waals surface area contributed by atoms with E-state index in [1.807, 2.05) is 30.5 Å². The Kier molecular flexibility index (Phi) is 6.00. The van der Waals surface area contributed by atoms with E-state index >= 15 is 0 Å². The molecule has 0 radical (unpaired) electrons. The largest absolute Gasteiger partial charge is 0.484 e. The molecule has 1 unspecified atom stereocenters. The normalized spacial score (nSPS) is 12.0. The van der Waals surface area contributed by atoms with Crippen LogP contribution in [0.15, 0.2) is 73.1 Å². The Bertz CT molecular complexity index is 1100. The van der Waals surface area contributed by atoms with Crippen LogP contribution in [0, 0.1) is 0 Å². The fraction of sp³-hybridized carbons (Fsp3) is 0.0952. The molecule has 5 nitrogen and oxygen atoms in total. The van der Waals surface area contributed by atoms with Gasteiger partial charge in [0, 0.05) is 26.8 Å². The van der Waals surface area contributed by atoms with Crippen molar-refractivity contribution in [2.75, 3.05) is 0 Å². The van der Waals surface area contributed by atoms with Crippen LogP contribution in [-0.4, -0.2) is 20.0 Å².